The molecule has 1 aromatic carbocycles. The van der Waals surface area contributed by atoms with Crippen LogP contribution in [0.5, 0.6) is 5.75 Å². The number of benzene rings is 1. The third-order valence-electron chi connectivity index (χ3n) is 1.99. The molecule has 0 spiro atoms. The number of para-hydroxylation sites is 1. The van der Waals surface area contributed by atoms with Crippen molar-refractivity contribution >= 4 is 0 Å². The molecule has 15 heavy (non-hydrogen) atoms. The van der Waals surface area contributed by atoms with Crippen LogP contribution in [0.3, 0.4) is 0 Å². The molecule has 0 radical (unpaired) electrons. The predicted molar refractivity (Wildman–Crippen MR) is 50.9 cm³/mol. The van der Waals surface area contributed by atoms with Crippen molar-refractivity contribution in [3.63, 3.8) is 0 Å². The van der Waals surface area contributed by atoms with Gasteiger partial charge in [-0.3, -0.25) is 14.9 Å². The highest BCUT2D eigenvalue weighted by molar-refractivity contribution is 5.35. The van der Waals surface area contributed by atoms with Gasteiger partial charge < -0.3 is 9.84 Å². The van der Waals surface area contributed by atoms with Crippen LogP contribution in [0.25, 0.3) is 0 Å². The van der Waals surface area contributed by atoms with Crippen LogP contribution >= 0.6 is 0 Å². The highest BCUT2D eigenvalue weighted by Gasteiger charge is 2.46. The van der Waals surface area contributed by atoms with Gasteiger partial charge in [0.15, 0.2) is 0 Å². The summed E-state index contributed by atoms with van der Waals surface area (Å²) in [6.07, 6.45) is 0. The van der Waals surface area contributed by atoms with Gasteiger partial charge >= 0.3 is 5.91 Å². The Morgan fingerprint density at radius 2 is 2.00 bits per heavy atom. The number of nitro groups is 1. The molecule has 0 saturated carbocycles. The summed E-state index contributed by atoms with van der Waals surface area (Å²) < 4.78 is 9.40. The highest BCUT2D eigenvalue weighted by atomic mass is 16.8. The standard InChI is InChI=1S/C9H11NO5/c1-14-8-6-4-3-5-7(8)9(11,15-2)10(12)13/h3-6,11H,1-2H3. The Morgan fingerprint density at radius 3 is 2.47 bits per heavy atom. The Labute approximate surface area is 86.2 Å². The van der Waals surface area contributed by atoms with Crippen molar-refractivity contribution in [2.45, 2.75) is 5.91 Å². The fraction of sp³-hybridized carbons (Fsp3) is 0.333. The first-order valence-corrected chi connectivity index (χ1v) is 4.11. The average molecular weight is 213 g/mol. The first kappa shape index (κ1) is 11.4. The first-order valence-electron chi connectivity index (χ1n) is 4.11. The van der Waals surface area contributed by atoms with Gasteiger partial charge in [-0.1, -0.05) is 12.1 Å². The molecule has 0 heterocycles. The van der Waals surface area contributed by atoms with Crippen LogP contribution < -0.4 is 4.74 Å². The van der Waals surface area contributed by atoms with Gasteiger partial charge in [0.25, 0.3) is 0 Å². The minimum absolute atomic E-state index is 0.0417. The Balaban J connectivity index is 3.29. The number of hydrogen-bond acceptors (Lipinski definition) is 5. The lowest BCUT2D eigenvalue weighted by Crippen LogP contribution is -2.37. The van der Waals surface area contributed by atoms with Crippen molar-refractivity contribution in [2.24, 2.45) is 0 Å². The van der Waals surface area contributed by atoms with Gasteiger partial charge in [0.2, 0.25) is 0 Å². The third-order valence-corrected chi connectivity index (χ3v) is 1.99. The number of aliphatic hydroxyl groups is 1. The Bertz CT molecular complexity index is 367. The number of methoxy groups -OCH3 is 2. The molecule has 1 aromatic rings. The van der Waals surface area contributed by atoms with Gasteiger partial charge in [-0.25, -0.2) is 0 Å². The molecule has 0 saturated heterocycles. The second-order valence-corrected chi connectivity index (χ2v) is 2.77. The molecule has 0 amide bonds. The van der Waals surface area contributed by atoms with Crippen LogP contribution in [0.1, 0.15) is 5.56 Å². The van der Waals surface area contributed by atoms with E-state index in [2.05, 4.69) is 4.74 Å². The second kappa shape index (κ2) is 4.24. The summed E-state index contributed by atoms with van der Waals surface area (Å²) in [5.74, 6) is -2.38. The van der Waals surface area contributed by atoms with E-state index in [-0.39, 0.29) is 11.3 Å². The summed E-state index contributed by atoms with van der Waals surface area (Å²) in [5.41, 5.74) is -0.0417. The molecule has 0 fully saturated rings. The predicted octanol–water partition coefficient (Wildman–Crippen LogP) is 0.721. The number of ether oxygens (including phenoxy) is 2. The number of nitrogens with zero attached hydrogens (tertiary/aromatic N) is 1. The smallest absolute Gasteiger partial charge is 0.471 e. The summed E-state index contributed by atoms with van der Waals surface area (Å²) in [5, 5.41) is 20.4. The molecule has 0 aliphatic carbocycles. The molecule has 0 aliphatic rings. The molecule has 1 N–H and O–H groups in total. The van der Waals surface area contributed by atoms with E-state index >= 15 is 0 Å². The lowest BCUT2D eigenvalue weighted by molar-refractivity contribution is -0.699. The van der Waals surface area contributed by atoms with E-state index in [0.29, 0.717) is 0 Å². The lowest BCUT2D eigenvalue weighted by atomic mass is 10.1. The molecule has 82 valence electrons. The summed E-state index contributed by atoms with van der Waals surface area (Å²) in [6, 6.07) is 6.05. The summed E-state index contributed by atoms with van der Waals surface area (Å²) in [6.45, 7) is 0. The molecular weight excluding hydrogens is 202 g/mol. The largest absolute Gasteiger partial charge is 0.496 e. The summed E-state index contributed by atoms with van der Waals surface area (Å²) >= 11 is 0. The SMILES string of the molecule is COc1ccccc1C(O)(OC)[N+](=O)[O-]. The minimum atomic E-state index is -2.58. The van der Waals surface area contributed by atoms with Crippen molar-refractivity contribution in [2.75, 3.05) is 14.2 Å². The second-order valence-electron chi connectivity index (χ2n) is 2.77. The topological polar surface area (TPSA) is 81.8 Å². The minimum Gasteiger partial charge on any atom is -0.496 e. The van der Waals surface area contributed by atoms with Crippen LogP contribution in [0, 0.1) is 10.1 Å². The molecule has 0 aliphatic heterocycles. The van der Waals surface area contributed by atoms with Crippen molar-refractivity contribution < 1.29 is 19.5 Å². The van der Waals surface area contributed by atoms with Gasteiger partial charge in [-0.15, -0.1) is 0 Å². The van der Waals surface area contributed by atoms with E-state index in [1.54, 1.807) is 12.1 Å². The van der Waals surface area contributed by atoms with Crippen LogP contribution in [0.15, 0.2) is 24.3 Å². The highest BCUT2D eigenvalue weighted by Crippen LogP contribution is 2.30. The summed E-state index contributed by atoms with van der Waals surface area (Å²) in [7, 11) is 2.41. The van der Waals surface area contributed by atoms with Crippen LogP contribution in [0.4, 0.5) is 0 Å². The van der Waals surface area contributed by atoms with Crippen LogP contribution in [0.2, 0.25) is 0 Å². The maximum Gasteiger partial charge on any atom is 0.471 e. The molecule has 6 heteroatoms. The van der Waals surface area contributed by atoms with E-state index in [0.717, 1.165) is 7.11 Å². The van der Waals surface area contributed by atoms with E-state index in [4.69, 9.17) is 4.74 Å². The van der Waals surface area contributed by atoms with Crippen molar-refractivity contribution in [3.8, 4) is 5.75 Å². The lowest BCUT2D eigenvalue weighted by Gasteiger charge is -2.18. The zero-order chi connectivity index (χ0) is 11.5. The van der Waals surface area contributed by atoms with Gasteiger partial charge in [0, 0.05) is 7.11 Å². The zero-order valence-corrected chi connectivity index (χ0v) is 8.34. The average Bonchev–Trinajstić information content (AvgIpc) is 2.27. The normalized spacial score (nSPS) is 14.3. The van der Waals surface area contributed by atoms with E-state index in [9.17, 15) is 15.2 Å². The quantitative estimate of drug-likeness (QED) is 0.452. The molecule has 0 bridgehead atoms. The number of hydrogen-bond donors (Lipinski definition) is 1. The molecule has 1 atom stereocenters. The Kier molecular flexibility index (Phi) is 3.23. The van der Waals surface area contributed by atoms with Crippen LogP contribution in [-0.2, 0) is 10.6 Å². The maximum atomic E-state index is 10.7. The van der Waals surface area contributed by atoms with Gasteiger partial charge in [-0.05, 0) is 12.1 Å². The third kappa shape index (κ3) is 1.90. The fourth-order valence-corrected chi connectivity index (χ4v) is 1.20. The van der Waals surface area contributed by atoms with Crippen molar-refractivity contribution in [1.82, 2.24) is 0 Å². The Morgan fingerprint density at radius 1 is 1.40 bits per heavy atom. The molecule has 0 aromatic heterocycles. The van der Waals surface area contributed by atoms with Gasteiger partial charge in [-0.2, -0.15) is 0 Å². The molecular formula is C9H11NO5. The van der Waals surface area contributed by atoms with E-state index in [1.807, 2.05) is 0 Å². The summed E-state index contributed by atoms with van der Waals surface area (Å²) in [4.78, 5) is 9.77. The zero-order valence-electron chi connectivity index (χ0n) is 8.34. The van der Waals surface area contributed by atoms with Gasteiger partial charge in [0.1, 0.15) is 11.3 Å². The van der Waals surface area contributed by atoms with Crippen molar-refractivity contribution in [3.05, 3.63) is 39.9 Å². The van der Waals surface area contributed by atoms with Gasteiger partial charge in [0.05, 0.1) is 12.0 Å². The molecule has 6 nitrogen and oxygen atoms in total. The monoisotopic (exact) mass is 213 g/mol. The molecule has 1 rings (SSSR count). The fourth-order valence-electron chi connectivity index (χ4n) is 1.20. The van der Waals surface area contributed by atoms with Crippen molar-refractivity contribution in [1.29, 1.82) is 0 Å². The van der Waals surface area contributed by atoms with E-state index in [1.165, 1.54) is 19.2 Å². The van der Waals surface area contributed by atoms with E-state index < -0.39 is 10.8 Å². The Hall–Kier alpha value is -1.66. The maximum absolute atomic E-state index is 10.7. The number of rotatable bonds is 4. The molecule has 1 unspecified atom stereocenters. The first-order chi connectivity index (χ1) is 7.06. The van der Waals surface area contributed by atoms with Crippen LogP contribution in [-0.4, -0.2) is 24.2 Å².